The Labute approximate surface area is 88.4 Å². The van der Waals surface area contributed by atoms with Crippen molar-refractivity contribution in [2.45, 2.75) is 12.5 Å². The van der Waals surface area contributed by atoms with E-state index in [2.05, 4.69) is 28.5 Å². The molecule has 3 heteroatoms. The lowest BCUT2D eigenvalue weighted by molar-refractivity contribution is 0.223. The van der Waals surface area contributed by atoms with Crippen LogP contribution in [0.2, 0.25) is 0 Å². The zero-order valence-electron chi connectivity index (χ0n) is 8.49. The zero-order valence-corrected chi connectivity index (χ0v) is 8.49. The number of fused-ring (bicyclic) bond motifs is 1. The summed E-state index contributed by atoms with van der Waals surface area (Å²) in [6.07, 6.45) is 3.39. The van der Waals surface area contributed by atoms with Crippen LogP contribution in [0.15, 0.2) is 30.5 Å². The molecule has 3 nitrogen and oxygen atoms in total. The number of rotatable bonds is 2. The average Bonchev–Trinajstić information content (AvgIpc) is 2.87. The number of benzene rings is 1. The molecule has 0 unspecified atom stereocenters. The first-order valence-electron chi connectivity index (χ1n) is 5.36. The number of H-pyrrole nitrogens is 1. The molecule has 1 atom stereocenters. The quantitative estimate of drug-likeness (QED) is 0.780. The van der Waals surface area contributed by atoms with Gasteiger partial charge in [0.05, 0.1) is 0 Å². The molecule has 0 amide bonds. The molecule has 1 saturated heterocycles. The van der Waals surface area contributed by atoms with E-state index < -0.39 is 0 Å². The fourth-order valence-corrected chi connectivity index (χ4v) is 2.03. The molecule has 0 radical (unpaired) electrons. The van der Waals surface area contributed by atoms with Gasteiger partial charge in [-0.25, -0.2) is 0 Å². The Morgan fingerprint density at radius 2 is 2.27 bits per heavy atom. The van der Waals surface area contributed by atoms with E-state index in [-0.39, 0.29) is 0 Å². The van der Waals surface area contributed by atoms with Crippen LogP contribution in [-0.4, -0.2) is 24.2 Å². The lowest BCUT2D eigenvalue weighted by atomic mass is 10.2. The highest BCUT2D eigenvalue weighted by Gasteiger charge is 2.15. The van der Waals surface area contributed by atoms with Crippen LogP contribution >= 0.6 is 0 Å². The molecule has 0 bridgehead atoms. The van der Waals surface area contributed by atoms with Crippen LogP contribution in [-0.2, 0) is 0 Å². The monoisotopic (exact) mass is 202 g/mol. The van der Waals surface area contributed by atoms with Crippen LogP contribution in [0.25, 0.3) is 10.9 Å². The fraction of sp³-hybridized carbons (Fsp3) is 0.333. The Balaban J connectivity index is 1.84. The number of aromatic nitrogens is 1. The molecule has 1 aliphatic heterocycles. The van der Waals surface area contributed by atoms with E-state index >= 15 is 0 Å². The third-order valence-corrected chi connectivity index (χ3v) is 2.84. The normalized spacial score (nSPS) is 20.9. The maximum absolute atomic E-state index is 5.88. The second kappa shape index (κ2) is 3.59. The van der Waals surface area contributed by atoms with Crippen LogP contribution in [0, 0.1) is 0 Å². The Bertz CT molecular complexity index is 457. The van der Waals surface area contributed by atoms with Crippen LogP contribution < -0.4 is 10.1 Å². The summed E-state index contributed by atoms with van der Waals surface area (Å²) in [7, 11) is 0. The Hall–Kier alpha value is -1.48. The molecule has 15 heavy (non-hydrogen) atoms. The summed E-state index contributed by atoms with van der Waals surface area (Å²) in [6.45, 7) is 2.03. The molecule has 1 fully saturated rings. The maximum atomic E-state index is 5.88. The third-order valence-electron chi connectivity index (χ3n) is 2.84. The highest BCUT2D eigenvalue weighted by molar-refractivity contribution is 5.80. The van der Waals surface area contributed by atoms with Crippen molar-refractivity contribution in [2.75, 3.05) is 13.1 Å². The average molecular weight is 202 g/mol. The SMILES string of the molecule is c1cc2cc(O[C@H]3CCNC3)ccc2[nH]1. The van der Waals surface area contributed by atoms with Gasteiger partial charge in [0.15, 0.2) is 0 Å². The summed E-state index contributed by atoms with van der Waals surface area (Å²) in [5, 5.41) is 4.50. The summed E-state index contributed by atoms with van der Waals surface area (Å²) in [5.74, 6) is 0.968. The highest BCUT2D eigenvalue weighted by atomic mass is 16.5. The first-order chi connectivity index (χ1) is 7.42. The molecule has 2 N–H and O–H groups in total. The van der Waals surface area contributed by atoms with Crippen molar-refractivity contribution in [3.05, 3.63) is 30.5 Å². The number of aromatic amines is 1. The summed E-state index contributed by atoms with van der Waals surface area (Å²) < 4.78 is 5.88. The topological polar surface area (TPSA) is 37.0 Å². The van der Waals surface area contributed by atoms with Gasteiger partial charge in [0, 0.05) is 23.6 Å². The van der Waals surface area contributed by atoms with Gasteiger partial charge in [-0.2, -0.15) is 0 Å². The molecule has 3 rings (SSSR count). The van der Waals surface area contributed by atoms with Crippen molar-refractivity contribution in [1.82, 2.24) is 10.3 Å². The van der Waals surface area contributed by atoms with E-state index in [1.807, 2.05) is 12.3 Å². The zero-order chi connectivity index (χ0) is 10.1. The molecular formula is C12H14N2O. The molecule has 0 aliphatic carbocycles. The standard InChI is InChI=1S/C12H14N2O/c1-2-12-9(3-6-14-12)7-10(1)15-11-4-5-13-8-11/h1-3,6-7,11,13-14H,4-5,8H2/t11-/m0/s1. The lowest BCUT2D eigenvalue weighted by Gasteiger charge is -2.12. The van der Waals surface area contributed by atoms with E-state index in [9.17, 15) is 0 Å². The van der Waals surface area contributed by atoms with Crippen molar-refractivity contribution >= 4 is 10.9 Å². The summed E-state index contributed by atoms with van der Waals surface area (Å²) in [6, 6.07) is 8.24. The molecule has 1 aliphatic rings. The van der Waals surface area contributed by atoms with E-state index in [1.54, 1.807) is 0 Å². The number of ether oxygens (including phenoxy) is 1. The molecule has 0 saturated carbocycles. The van der Waals surface area contributed by atoms with E-state index in [1.165, 1.54) is 5.39 Å². The Morgan fingerprint density at radius 3 is 3.13 bits per heavy atom. The lowest BCUT2D eigenvalue weighted by Crippen LogP contribution is -2.19. The van der Waals surface area contributed by atoms with Crippen LogP contribution in [0.1, 0.15) is 6.42 Å². The van der Waals surface area contributed by atoms with Gasteiger partial charge < -0.3 is 15.0 Å². The van der Waals surface area contributed by atoms with Gasteiger partial charge >= 0.3 is 0 Å². The molecule has 1 aromatic heterocycles. The minimum atomic E-state index is 0.335. The Kier molecular flexibility index (Phi) is 2.10. The van der Waals surface area contributed by atoms with Crippen LogP contribution in [0.5, 0.6) is 5.75 Å². The molecule has 2 aromatic rings. The Morgan fingerprint density at radius 1 is 1.27 bits per heavy atom. The summed E-state index contributed by atoms with van der Waals surface area (Å²) in [4.78, 5) is 3.17. The van der Waals surface area contributed by atoms with Crippen molar-refractivity contribution in [2.24, 2.45) is 0 Å². The van der Waals surface area contributed by atoms with E-state index in [4.69, 9.17) is 4.74 Å². The molecular weight excluding hydrogens is 188 g/mol. The van der Waals surface area contributed by atoms with E-state index in [0.29, 0.717) is 6.10 Å². The summed E-state index contributed by atoms with van der Waals surface area (Å²) in [5.41, 5.74) is 1.16. The minimum Gasteiger partial charge on any atom is -0.489 e. The predicted molar refractivity (Wildman–Crippen MR) is 60.2 cm³/mol. The predicted octanol–water partition coefficient (Wildman–Crippen LogP) is 1.91. The van der Waals surface area contributed by atoms with Gasteiger partial charge in [-0.15, -0.1) is 0 Å². The minimum absolute atomic E-state index is 0.335. The number of nitrogens with one attached hydrogen (secondary N) is 2. The fourth-order valence-electron chi connectivity index (χ4n) is 2.03. The second-order valence-electron chi connectivity index (χ2n) is 3.96. The van der Waals surface area contributed by atoms with Gasteiger partial charge in [-0.3, -0.25) is 0 Å². The largest absolute Gasteiger partial charge is 0.489 e. The van der Waals surface area contributed by atoms with Crippen LogP contribution in [0.4, 0.5) is 0 Å². The second-order valence-corrected chi connectivity index (χ2v) is 3.96. The smallest absolute Gasteiger partial charge is 0.120 e. The number of hydrogen-bond acceptors (Lipinski definition) is 2. The van der Waals surface area contributed by atoms with Crippen molar-refractivity contribution in [3.8, 4) is 5.75 Å². The van der Waals surface area contributed by atoms with Gasteiger partial charge in [-0.1, -0.05) is 0 Å². The molecule has 78 valence electrons. The molecule has 2 heterocycles. The van der Waals surface area contributed by atoms with Crippen LogP contribution in [0.3, 0.4) is 0 Å². The first-order valence-corrected chi connectivity index (χ1v) is 5.36. The van der Waals surface area contributed by atoms with Crippen molar-refractivity contribution in [3.63, 3.8) is 0 Å². The molecule has 0 spiro atoms. The first kappa shape index (κ1) is 8.80. The van der Waals surface area contributed by atoms with Gasteiger partial charge in [0.2, 0.25) is 0 Å². The molecule has 1 aromatic carbocycles. The third kappa shape index (κ3) is 1.70. The van der Waals surface area contributed by atoms with Gasteiger partial charge in [0.1, 0.15) is 11.9 Å². The van der Waals surface area contributed by atoms with Gasteiger partial charge in [0.25, 0.3) is 0 Å². The summed E-state index contributed by atoms with van der Waals surface area (Å²) >= 11 is 0. The maximum Gasteiger partial charge on any atom is 0.120 e. The van der Waals surface area contributed by atoms with Crippen molar-refractivity contribution in [1.29, 1.82) is 0 Å². The highest BCUT2D eigenvalue weighted by Crippen LogP contribution is 2.21. The van der Waals surface area contributed by atoms with E-state index in [0.717, 1.165) is 30.8 Å². The number of hydrogen-bond donors (Lipinski definition) is 2. The van der Waals surface area contributed by atoms with Crippen molar-refractivity contribution < 1.29 is 4.74 Å². The van der Waals surface area contributed by atoms with Gasteiger partial charge in [-0.05, 0) is 37.2 Å².